The molecule has 3 rings (SSSR count). The van der Waals surface area contributed by atoms with Crippen molar-refractivity contribution in [3.63, 3.8) is 0 Å². The number of rotatable bonds is 2. The Labute approximate surface area is 128 Å². The summed E-state index contributed by atoms with van der Waals surface area (Å²) in [5.41, 5.74) is 8.32. The largest absolute Gasteiger partial charge is 0.375 e. The summed E-state index contributed by atoms with van der Waals surface area (Å²) in [7, 11) is 0. The van der Waals surface area contributed by atoms with Crippen LogP contribution in [0.5, 0.6) is 0 Å². The first kappa shape index (κ1) is 14.0. The summed E-state index contributed by atoms with van der Waals surface area (Å²) in [6, 6.07) is 8.42. The van der Waals surface area contributed by atoms with E-state index < -0.39 is 0 Å². The lowest BCUT2D eigenvalue weighted by Gasteiger charge is -2.17. The number of pyridine rings is 1. The van der Waals surface area contributed by atoms with Crippen LogP contribution >= 0.6 is 11.3 Å². The highest BCUT2D eigenvalue weighted by atomic mass is 32.1. The van der Waals surface area contributed by atoms with Crippen molar-refractivity contribution in [2.24, 2.45) is 0 Å². The molecule has 2 aromatic heterocycles. The molecule has 2 heterocycles. The second-order valence-corrected chi connectivity index (χ2v) is 7.38. The fourth-order valence-corrected chi connectivity index (χ4v) is 3.64. The van der Waals surface area contributed by atoms with Gasteiger partial charge in [-0.15, -0.1) is 11.3 Å². The van der Waals surface area contributed by atoms with Gasteiger partial charge in [-0.05, 0) is 17.0 Å². The van der Waals surface area contributed by atoms with Gasteiger partial charge in [0.1, 0.15) is 0 Å². The number of nitrogens with zero attached hydrogens (tertiary/aromatic N) is 2. The molecule has 3 aromatic rings. The molecule has 0 radical (unpaired) electrons. The number of hydrogen-bond donors (Lipinski definition) is 1. The lowest BCUT2D eigenvalue weighted by Crippen LogP contribution is -2.14. The van der Waals surface area contributed by atoms with Gasteiger partial charge in [0.25, 0.3) is 0 Å². The third-order valence-electron chi connectivity index (χ3n) is 3.55. The fourth-order valence-electron chi connectivity index (χ4n) is 2.58. The molecule has 0 spiro atoms. The minimum absolute atomic E-state index is 0.00624. The minimum atomic E-state index is 0.00624. The maximum atomic E-state index is 5.94. The first-order valence-corrected chi connectivity index (χ1v) is 7.84. The van der Waals surface area contributed by atoms with E-state index in [-0.39, 0.29) is 5.41 Å². The first-order chi connectivity index (χ1) is 9.95. The maximum absolute atomic E-state index is 5.94. The molecule has 2 N–H and O–H groups in total. The summed E-state index contributed by atoms with van der Waals surface area (Å²) in [4.78, 5) is 10.0. The number of nitrogens with two attached hydrogens (primary N) is 1. The molecular formula is C17H19N3S. The zero-order valence-electron chi connectivity index (χ0n) is 12.6. The normalized spacial score (nSPS) is 12.0. The third kappa shape index (κ3) is 2.76. The molecule has 108 valence electrons. The van der Waals surface area contributed by atoms with Crippen molar-refractivity contribution >= 4 is 27.2 Å². The molecular weight excluding hydrogens is 278 g/mol. The van der Waals surface area contributed by atoms with Crippen LogP contribution in [-0.4, -0.2) is 9.97 Å². The van der Waals surface area contributed by atoms with E-state index in [1.54, 1.807) is 11.3 Å². The van der Waals surface area contributed by atoms with E-state index in [4.69, 9.17) is 5.73 Å². The zero-order valence-corrected chi connectivity index (χ0v) is 13.4. The molecule has 3 nitrogen and oxygen atoms in total. The molecule has 0 unspecified atom stereocenters. The van der Waals surface area contributed by atoms with Crippen LogP contribution in [0.4, 0.5) is 5.13 Å². The van der Waals surface area contributed by atoms with Crippen molar-refractivity contribution in [1.29, 1.82) is 0 Å². The van der Waals surface area contributed by atoms with Crippen molar-refractivity contribution < 1.29 is 0 Å². The Morgan fingerprint density at radius 2 is 2.00 bits per heavy atom. The quantitative estimate of drug-likeness (QED) is 0.772. The number of nitrogen functional groups attached to an aromatic ring is 1. The summed E-state index contributed by atoms with van der Waals surface area (Å²) in [5, 5.41) is 3.07. The molecule has 0 amide bonds. The smallest absolute Gasteiger partial charge is 0.180 e. The molecule has 0 bridgehead atoms. The van der Waals surface area contributed by atoms with Gasteiger partial charge in [-0.1, -0.05) is 39.0 Å². The number of anilines is 1. The van der Waals surface area contributed by atoms with E-state index in [9.17, 15) is 0 Å². The molecule has 0 atom stereocenters. The number of benzene rings is 1. The highest BCUT2D eigenvalue weighted by Gasteiger charge is 2.23. The Balaban J connectivity index is 2.07. The molecule has 4 heteroatoms. The van der Waals surface area contributed by atoms with Crippen molar-refractivity contribution in [3.8, 4) is 0 Å². The van der Waals surface area contributed by atoms with E-state index in [0.29, 0.717) is 5.13 Å². The first-order valence-electron chi connectivity index (χ1n) is 7.02. The SMILES string of the molecule is CC(C)(C)c1nc(N)sc1Cc1cccc2ccncc12. The van der Waals surface area contributed by atoms with Crippen molar-refractivity contribution in [2.75, 3.05) is 5.73 Å². The molecule has 21 heavy (non-hydrogen) atoms. The molecule has 0 aliphatic rings. The van der Waals surface area contributed by atoms with Crippen LogP contribution in [0.2, 0.25) is 0 Å². The summed E-state index contributed by atoms with van der Waals surface area (Å²) in [5.74, 6) is 0. The van der Waals surface area contributed by atoms with E-state index in [2.05, 4.69) is 48.9 Å². The maximum Gasteiger partial charge on any atom is 0.180 e. The number of fused-ring (bicyclic) bond motifs is 1. The Morgan fingerprint density at radius 1 is 1.19 bits per heavy atom. The Hall–Kier alpha value is -1.94. The van der Waals surface area contributed by atoms with E-state index in [1.165, 1.54) is 21.2 Å². The Morgan fingerprint density at radius 3 is 2.76 bits per heavy atom. The molecule has 1 aromatic carbocycles. The molecule has 0 aliphatic heterocycles. The Bertz CT molecular complexity index is 779. The highest BCUT2D eigenvalue weighted by Crippen LogP contribution is 2.33. The predicted octanol–water partition coefficient (Wildman–Crippen LogP) is 4.16. The molecule has 0 aliphatic carbocycles. The minimum Gasteiger partial charge on any atom is -0.375 e. The second kappa shape index (κ2) is 5.11. The van der Waals surface area contributed by atoms with Gasteiger partial charge in [-0.2, -0.15) is 0 Å². The van der Waals surface area contributed by atoms with Crippen LogP contribution in [0.3, 0.4) is 0 Å². The average Bonchev–Trinajstić information content (AvgIpc) is 2.80. The second-order valence-electron chi connectivity index (χ2n) is 6.26. The molecule has 0 saturated heterocycles. The van der Waals surface area contributed by atoms with Gasteiger partial charge in [-0.25, -0.2) is 4.98 Å². The molecule has 0 saturated carbocycles. The van der Waals surface area contributed by atoms with E-state index >= 15 is 0 Å². The summed E-state index contributed by atoms with van der Waals surface area (Å²) < 4.78 is 0. The third-order valence-corrected chi connectivity index (χ3v) is 4.43. The average molecular weight is 297 g/mol. The van der Waals surface area contributed by atoms with Crippen LogP contribution in [-0.2, 0) is 11.8 Å². The van der Waals surface area contributed by atoms with E-state index in [1.807, 2.05) is 18.5 Å². The van der Waals surface area contributed by atoms with Crippen LogP contribution in [0.1, 0.15) is 36.9 Å². The van der Waals surface area contributed by atoms with Gasteiger partial charge >= 0.3 is 0 Å². The van der Waals surface area contributed by atoms with Gasteiger partial charge in [-0.3, -0.25) is 4.98 Å². The number of thiazole rings is 1. The fraction of sp³-hybridized carbons (Fsp3) is 0.294. The van der Waals surface area contributed by atoms with Crippen LogP contribution in [0.15, 0.2) is 36.7 Å². The predicted molar refractivity (Wildman–Crippen MR) is 89.8 cm³/mol. The Kier molecular flexibility index (Phi) is 3.41. The number of hydrogen-bond acceptors (Lipinski definition) is 4. The summed E-state index contributed by atoms with van der Waals surface area (Å²) >= 11 is 1.59. The van der Waals surface area contributed by atoms with Crippen molar-refractivity contribution in [3.05, 3.63) is 52.8 Å². The lowest BCUT2D eigenvalue weighted by atomic mass is 9.89. The van der Waals surface area contributed by atoms with Gasteiger partial charge in [0.05, 0.1) is 5.69 Å². The number of aromatic nitrogens is 2. The van der Waals surface area contributed by atoms with Crippen molar-refractivity contribution in [2.45, 2.75) is 32.6 Å². The highest BCUT2D eigenvalue weighted by molar-refractivity contribution is 7.15. The van der Waals surface area contributed by atoms with Crippen LogP contribution in [0.25, 0.3) is 10.8 Å². The zero-order chi connectivity index (χ0) is 15.0. The monoisotopic (exact) mass is 297 g/mol. The molecule has 0 fully saturated rings. The van der Waals surface area contributed by atoms with Gasteiger partial charge < -0.3 is 5.73 Å². The van der Waals surface area contributed by atoms with Gasteiger partial charge in [0, 0.05) is 34.5 Å². The van der Waals surface area contributed by atoms with Crippen LogP contribution < -0.4 is 5.73 Å². The summed E-state index contributed by atoms with van der Waals surface area (Å²) in [6.07, 6.45) is 4.62. The van der Waals surface area contributed by atoms with Crippen LogP contribution in [0, 0.1) is 0 Å². The van der Waals surface area contributed by atoms with Gasteiger partial charge in [0.15, 0.2) is 5.13 Å². The lowest BCUT2D eigenvalue weighted by molar-refractivity contribution is 0.568. The van der Waals surface area contributed by atoms with Gasteiger partial charge in [0.2, 0.25) is 0 Å². The standard InChI is InChI=1S/C17H19N3S/c1-17(2,3)15-14(21-16(18)20-15)9-12-6-4-5-11-7-8-19-10-13(11)12/h4-8,10H,9H2,1-3H3,(H2,18,20). The topological polar surface area (TPSA) is 51.8 Å². The van der Waals surface area contributed by atoms with E-state index in [0.717, 1.165) is 12.1 Å². The van der Waals surface area contributed by atoms with Crippen molar-refractivity contribution in [1.82, 2.24) is 9.97 Å². The summed E-state index contributed by atoms with van der Waals surface area (Å²) in [6.45, 7) is 6.53.